The standard InChI is InChI=1S/C21H24FN5/c1-14(12-27-7-6-19(22)13-27)25-21-9-18-8-16(4-5-17(18)10-24-21)20-11-23-15(2)26(20)3/h4-5,8-11,19H,1,6-7,12-13H2,2-3H3,(H,24,25)/t19-/m1/s1. The zero-order valence-electron chi connectivity index (χ0n) is 15.7. The number of imidazole rings is 1. The van der Waals surface area contributed by atoms with E-state index in [4.69, 9.17) is 0 Å². The molecule has 3 heterocycles. The largest absolute Gasteiger partial charge is 0.343 e. The zero-order valence-corrected chi connectivity index (χ0v) is 15.7. The van der Waals surface area contributed by atoms with E-state index < -0.39 is 6.17 Å². The molecule has 0 radical (unpaired) electrons. The SMILES string of the molecule is C=C(CN1CC[C@@H](F)C1)Nc1cc2cc(-c3cnc(C)n3C)ccc2cn1. The van der Waals surface area contributed by atoms with Crippen molar-refractivity contribution >= 4 is 16.6 Å². The second-order valence-electron chi connectivity index (χ2n) is 7.23. The predicted molar refractivity (Wildman–Crippen MR) is 107 cm³/mol. The predicted octanol–water partition coefficient (Wildman–Crippen LogP) is 3.91. The lowest BCUT2D eigenvalue weighted by atomic mass is 10.1. The number of nitrogens with one attached hydrogen (secondary N) is 1. The molecule has 0 spiro atoms. The number of aryl methyl sites for hydroxylation is 1. The highest BCUT2D eigenvalue weighted by Gasteiger charge is 2.21. The number of pyridine rings is 1. The Bertz CT molecular complexity index is 993. The van der Waals surface area contributed by atoms with Crippen LogP contribution in [-0.2, 0) is 7.05 Å². The third kappa shape index (κ3) is 3.71. The third-order valence-corrected chi connectivity index (χ3v) is 5.17. The van der Waals surface area contributed by atoms with Crippen LogP contribution >= 0.6 is 0 Å². The first-order valence-electron chi connectivity index (χ1n) is 9.19. The Hall–Kier alpha value is -2.73. The van der Waals surface area contributed by atoms with E-state index >= 15 is 0 Å². The van der Waals surface area contributed by atoms with Crippen molar-refractivity contribution in [1.82, 2.24) is 19.4 Å². The fourth-order valence-corrected chi connectivity index (χ4v) is 3.56. The molecule has 3 aromatic rings. The maximum atomic E-state index is 13.3. The van der Waals surface area contributed by atoms with Crippen molar-refractivity contribution in [3.05, 3.63) is 54.8 Å². The van der Waals surface area contributed by atoms with Gasteiger partial charge in [0.2, 0.25) is 0 Å². The molecule has 0 amide bonds. The molecule has 0 saturated carbocycles. The molecule has 1 aromatic carbocycles. The minimum absolute atomic E-state index is 0.485. The minimum atomic E-state index is -0.717. The maximum absolute atomic E-state index is 13.3. The minimum Gasteiger partial charge on any atom is -0.343 e. The Labute approximate surface area is 158 Å². The van der Waals surface area contributed by atoms with Crippen LogP contribution in [0.1, 0.15) is 12.2 Å². The first-order chi connectivity index (χ1) is 13.0. The number of hydrogen-bond acceptors (Lipinski definition) is 4. The Morgan fingerprint density at radius 2 is 2.11 bits per heavy atom. The molecular formula is C21H24FN5. The molecular weight excluding hydrogens is 341 g/mol. The summed E-state index contributed by atoms with van der Waals surface area (Å²) in [6, 6.07) is 8.34. The number of fused-ring (bicyclic) bond motifs is 1. The van der Waals surface area contributed by atoms with E-state index in [0.717, 1.165) is 45.9 Å². The molecule has 0 bridgehead atoms. The number of hydrogen-bond donors (Lipinski definition) is 1. The van der Waals surface area contributed by atoms with Crippen molar-refractivity contribution in [3.63, 3.8) is 0 Å². The van der Waals surface area contributed by atoms with Gasteiger partial charge in [0.1, 0.15) is 17.8 Å². The van der Waals surface area contributed by atoms with Crippen molar-refractivity contribution in [2.45, 2.75) is 19.5 Å². The maximum Gasteiger partial charge on any atom is 0.130 e. The van der Waals surface area contributed by atoms with Gasteiger partial charge in [0, 0.05) is 49.5 Å². The molecule has 0 unspecified atom stereocenters. The van der Waals surface area contributed by atoms with Gasteiger partial charge in [0.25, 0.3) is 0 Å². The number of halogens is 1. The number of aromatic nitrogens is 3. The van der Waals surface area contributed by atoms with E-state index in [1.807, 2.05) is 32.4 Å². The molecule has 4 rings (SSSR count). The molecule has 140 valence electrons. The van der Waals surface area contributed by atoms with E-state index in [1.165, 1.54) is 0 Å². The van der Waals surface area contributed by atoms with Gasteiger partial charge in [0.15, 0.2) is 0 Å². The first kappa shape index (κ1) is 17.7. The molecule has 1 aliphatic heterocycles. The second-order valence-corrected chi connectivity index (χ2v) is 7.23. The summed E-state index contributed by atoms with van der Waals surface area (Å²) in [5.41, 5.74) is 3.03. The average Bonchev–Trinajstić information content (AvgIpc) is 3.20. The molecule has 1 atom stereocenters. The molecule has 5 nitrogen and oxygen atoms in total. The summed E-state index contributed by atoms with van der Waals surface area (Å²) >= 11 is 0. The number of rotatable bonds is 5. The smallest absolute Gasteiger partial charge is 0.130 e. The summed E-state index contributed by atoms with van der Waals surface area (Å²) in [4.78, 5) is 10.9. The molecule has 2 aromatic heterocycles. The summed E-state index contributed by atoms with van der Waals surface area (Å²) in [6.07, 6.45) is 3.65. The van der Waals surface area contributed by atoms with Crippen LogP contribution < -0.4 is 5.32 Å². The van der Waals surface area contributed by atoms with Gasteiger partial charge in [-0.15, -0.1) is 0 Å². The number of nitrogens with zero attached hydrogens (tertiary/aromatic N) is 4. The molecule has 1 saturated heterocycles. The number of alkyl halides is 1. The Morgan fingerprint density at radius 1 is 1.26 bits per heavy atom. The van der Waals surface area contributed by atoms with Gasteiger partial charge < -0.3 is 9.88 Å². The lowest BCUT2D eigenvalue weighted by Crippen LogP contribution is -2.25. The number of anilines is 1. The van der Waals surface area contributed by atoms with Crippen molar-refractivity contribution in [1.29, 1.82) is 0 Å². The fraction of sp³-hybridized carbons (Fsp3) is 0.333. The summed E-state index contributed by atoms with van der Waals surface area (Å²) in [5.74, 6) is 1.73. The van der Waals surface area contributed by atoms with Crippen LogP contribution in [0.5, 0.6) is 0 Å². The highest BCUT2D eigenvalue weighted by Crippen LogP contribution is 2.26. The van der Waals surface area contributed by atoms with E-state index in [2.05, 4.69) is 49.5 Å². The normalized spacial score (nSPS) is 17.5. The fourth-order valence-electron chi connectivity index (χ4n) is 3.56. The molecule has 1 N–H and O–H groups in total. The molecule has 6 heteroatoms. The van der Waals surface area contributed by atoms with E-state index in [0.29, 0.717) is 19.5 Å². The average molecular weight is 365 g/mol. The van der Waals surface area contributed by atoms with E-state index in [-0.39, 0.29) is 0 Å². The monoisotopic (exact) mass is 365 g/mol. The topological polar surface area (TPSA) is 46.0 Å². The van der Waals surface area contributed by atoms with Gasteiger partial charge in [-0.25, -0.2) is 14.4 Å². The van der Waals surface area contributed by atoms with Crippen LogP contribution in [0.3, 0.4) is 0 Å². The van der Waals surface area contributed by atoms with Gasteiger partial charge in [-0.2, -0.15) is 0 Å². The Morgan fingerprint density at radius 3 is 2.81 bits per heavy atom. The van der Waals surface area contributed by atoms with Gasteiger partial charge in [0.05, 0.1) is 11.9 Å². The van der Waals surface area contributed by atoms with Crippen LogP contribution in [0.2, 0.25) is 0 Å². The van der Waals surface area contributed by atoms with Crippen molar-refractivity contribution in [3.8, 4) is 11.3 Å². The second kappa shape index (κ2) is 7.12. The van der Waals surface area contributed by atoms with Crippen molar-refractivity contribution < 1.29 is 4.39 Å². The molecule has 1 aliphatic rings. The lowest BCUT2D eigenvalue weighted by Gasteiger charge is -2.17. The number of benzene rings is 1. The zero-order chi connectivity index (χ0) is 19.0. The van der Waals surface area contributed by atoms with E-state index in [1.54, 1.807) is 0 Å². The molecule has 1 fully saturated rings. The first-order valence-corrected chi connectivity index (χ1v) is 9.19. The van der Waals surface area contributed by atoms with Gasteiger partial charge >= 0.3 is 0 Å². The van der Waals surface area contributed by atoms with Crippen LogP contribution in [0.4, 0.5) is 10.2 Å². The third-order valence-electron chi connectivity index (χ3n) is 5.17. The van der Waals surface area contributed by atoms with Crippen LogP contribution in [0.15, 0.2) is 48.9 Å². The van der Waals surface area contributed by atoms with Crippen LogP contribution in [-0.4, -0.2) is 45.2 Å². The Balaban J connectivity index is 1.54. The van der Waals surface area contributed by atoms with Crippen molar-refractivity contribution in [2.24, 2.45) is 7.05 Å². The molecule has 27 heavy (non-hydrogen) atoms. The number of likely N-dealkylation sites (tertiary alicyclic amines) is 1. The van der Waals surface area contributed by atoms with Crippen LogP contribution in [0, 0.1) is 6.92 Å². The van der Waals surface area contributed by atoms with E-state index in [9.17, 15) is 4.39 Å². The van der Waals surface area contributed by atoms with Gasteiger partial charge in [-0.1, -0.05) is 18.7 Å². The highest BCUT2D eigenvalue weighted by atomic mass is 19.1. The summed E-state index contributed by atoms with van der Waals surface area (Å²) in [5, 5.41) is 5.44. The molecule has 0 aliphatic carbocycles. The Kier molecular flexibility index (Phi) is 4.66. The summed E-state index contributed by atoms with van der Waals surface area (Å²) in [6.45, 7) is 7.96. The van der Waals surface area contributed by atoms with Gasteiger partial charge in [-0.3, -0.25) is 4.90 Å². The van der Waals surface area contributed by atoms with Crippen LogP contribution in [0.25, 0.3) is 22.0 Å². The summed E-state index contributed by atoms with van der Waals surface area (Å²) in [7, 11) is 2.02. The van der Waals surface area contributed by atoms with Gasteiger partial charge in [-0.05, 0) is 30.9 Å². The summed E-state index contributed by atoms with van der Waals surface area (Å²) < 4.78 is 15.4. The lowest BCUT2D eigenvalue weighted by molar-refractivity contribution is 0.303. The highest BCUT2D eigenvalue weighted by molar-refractivity contribution is 5.88. The van der Waals surface area contributed by atoms with Crippen molar-refractivity contribution in [2.75, 3.05) is 25.0 Å². The quantitative estimate of drug-likeness (QED) is 0.745.